The van der Waals surface area contributed by atoms with Crippen molar-refractivity contribution in [3.8, 4) is 0 Å². The van der Waals surface area contributed by atoms with Crippen molar-refractivity contribution < 1.29 is 4.79 Å². The van der Waals surface area contributed by atoms with Crippen LogP contribution in [0.1, 0.15) is 16.1 Å². The first kappa shape index (κ1) is 9.61. The Labute approximate surface area is 86.9 Å². The van der Waals surface area contributed by atoms with Crippen molar-refractivity contribution in [2.75, 3.05) is 20.1 Å². The minimum absolute atomic E-state index is 0.00722. The van der Waals surface area contributed by atoms with E-state index in [1.165, 1.54) is 11.3 Å². The minimum Gasteiger partial charge on any atom is -0.347 e. The van der Waals surface area contributed by atoms with Crippen molar-refractivity contribution in [3.05, 3.63) is 16.6 Å². The molecule has 1 aromatic heterocycles. The summed E-state index contributed by atoms with van der Waals surface area (Å²) in [6.07, 6.45) is 2.65. The molecule has 0 spiro atoms. The summed E-state index contributed by atoms with van der Waals surface area (Å²) in [6.45, 7) is 2.01. The highest BCUT2D eigenvalue weighted by molar-refractivity contribution is 7.11. The molecule has 0 aromatic carbocycles. The number of hydrogen-bond acceptors (Lipinski definition) is 4. The second-order valence-electron chi connectivity index (χ2n) is 3.59. The Kier molecular flexibility index (Phi) is 2.79. The van der Waals surface area contributed by atoms with Crippen LogP contribution in [-0.2, 0) is 0 Å². The standard InChI is InChI=1S/C9H13N3OS/c1-12-3-2-7(5-12)11-9(13)8-4-10-6-14-8/h4,6-7H,2-3,5H2,1H3,(H,11,13). The zero-order valence-corrected chi connectivity index (χ0v) is 8.88. The summed E-state index contributed by atoms with van der Waals surface area (Å²) in [6, 6.07) is 0.301. The highest BCUT2D eigenvalue weighted by Gasteiger charge is 2.21. The minimum atomic E-state index is 0.00722. The van der Waals surface area contributed by atoms with Gasteiger partial charge < -0.3 is 10.2 Å². The van der Waals surface area contributed by atoms with E-state index in [-0.39, 0.29) is 5.91 Å². The van der Waals surface area contributed by atoms with Gasteiger partial charge in [0.15, 0.2) is 0 Å². The zero-order valence-electron chi connectivity index (χ0n) is 8.06. The lowest BCUT2D eigenvalue weighted by Gasteiger charge is -2.11. The van der Waals surface area contributed by atoms with Crippen LogP contribution in [0.25, 0.3) is 0 Å². The van der Waals surface area contributed by atoms with Crippen LogP contribution in [0, 0.1) is 0 Å². The summed E-state index contributed by atoms with van der Waals surface area (Å²) in [4.78, 5) is 18.4. The number of aromatic nitrogens is 1. The molecule has 1 unspecified atom stereocenters. The molecule has 0 radical (unpaired) electrons. The van der Waals surface area contributed by atoms with Gasteiger partial charge in [-0.3, -0.25) is 9.78 Å². The molecular formula is C9H13N3OS. The average molecular weight is 211 g/mol. The van der Waals surface area contributed by atoms with Crippen molar-refractivity contribution in [1.29, 1.82) is 0 Å². The quantitative estimate of drug-likeness (QED) is 0.778. The number of nitrogens with one attached hydrogen (secondary N) is 1. The number of carbonyl (C=O) groups is 1. The lowest BCUT2D eigenvalue weighted by Crippen LogP contribution is -2.36. The van der Waals surface area contributed by atoms with Crippen LogP contribution in [0.4, 0.5) is 0 Å². The Morgan fingerprint density at radius 2 is 2.64 bits per heavy atom. The first-order valence-corrected chi connectivity index (χ1v) is 5.51. The maximum absolute atomic E-state index is 11.6. The molecule has 0 bridgehead atoms. The molecule has 1 aliphatic heterocycles. The molecule has 0 aliphatic carbocycles. The van der Waals surface area contributed by atoms with Crippen LogP contribution in [0.5, 0.6) is 0 Å². The number of thiazole rings is 1. The van der Waals surface area contributed by atoms with Crippen LogP contribution >= 0.6 is 11.3 Å². The van der Waals surface area contributed by atoms with Gasteiger partial charge in [-0.2, -0.15) is 0 Å². The number of rotatable bonds is 2. The molecule has 0 saturated carbocycles. The summed E-state index contributed by atoms with van der Waals surface area (Å²) in [5.74, 6) is 0.00722. The summed E-state index contributed by atoms with van der Waals surface area (Å²) in [5, 5.41) is 3.00. The van der Waals surface area contributed by atoms with Crippen LogP contribution in [0.15, 0.2) is 11.7 Å². The third kappa shape index (κ3) is 2.10. The third-order valence-electron chi connectivity index (χ3n) is 2.38. The Hall–Kier alpha value is -0.940. The molecule has 4 nitrogen and oxygen atoms in total. The maximum Gasteiger partial charge on any atom is 0.263 e. The van der Waals surface area contributed by atoms with E-state index in [0.717, 1.165) is 19.5 Å². The molecule has 1 fully saturated rings. The monoisotopic (exact) mass is 211 g/mol. The fourth-order valence-corrected chi connectivity index (χ4v) is 2.16. The van der Waals surface area contributed by atoms with E-state index in [2.05, 4.69) is 22.2 Å². The van der Waals surface area contributed by atoms with Crippen LogP contribution in [0.2, 0.25) is 0 Å². The predicted octanol–water partition coefficient (Wildman–Crippen LogP) is 0.577. The second-order valence-corrected chi connectivity index (χ2v) is 4.47. The van der Waals surface area contributed by atoms with E-state index in [9.17, 15) is 4.79 Å². The molecule has 1 aromatic rings. The third-order valence-corrected chi connectivity index (χ3v) is 3.15. The number of likely N-dealkylation sites (tertiary alicyclic amines) is 1. The molecule has 1 saturated heterocycles. The van der Waals surface area contributed by atoms with E-state index in [0.29, 0.717) is 10.9 Å². The second kappa shape index (κ2) is 4.06. The number of hydrogen-bond donors (Lipinski definition) is 1. The largest absolute Gasteiger partial charge is 0.347 e. The fraction of sp³-hybridized carbons (Fsp3) is 0.556. The summed E-state index contributed by atoms with van der Waals surface area (Å²) >= 11 is 1.38. The molecule has 2 heterocycles. The van der Waals surface area contributed by atoms with Gasteiger partial charge in [-0.05, 0) is 20.0 Å². The molecule has 14 heavy (non-hydrogen) atoms. The Morgan fingerprint density at radius 1 is 1.79 bits per heavy atom. The van der Waals surface area contributed by atoms with Gasteiger partial charge >= 0.3 is 0 Å². The lowest BCUT2D eigenvalue weighted by molar-refractivity contribution is 0.0942. The van der Waals surface area contributed by atoms with Crippen LogP contribution < -0.4 is 5.32 Å². The predicted molar refractivity (Wildman–Crippen MR) is 55.5 cm³/mol. The molecule has 1 atom stereocenters. The Morgan fingerprint density at radius 3 is 3.21 bits per heavy atom. The van der Waals surface area contributed by atoms with Crippen LogP contribution in [-0.4, -0.2) is 42.0 Å². The first-order chi connectivity index (χ1) is 6.75. The fourth-order valence-electron chi connectivity index (χ4n) is 1.64. The summed E-state index contributed by atoms with van der Waals surface area (Å²) in [5.41, 5.74) is 1.68. The summed E-state index contributed by atoms with van der Waals surface area (Å²) < 4.78 is 0. The lowest BCUT2D eigenvalue weighted by atomic mass is 10.2. The van der Waals surface area contributed by atoms with E-state index in [1.807, 2.05) is 0 Å². The smallest absolute Gasteiger partial charge is 0.263 e. The normalized spacial score (nSPS) is 22.5. The maximum atomic E-state index is 11.6. The van der Waals surface area contributed by atoms with Gasteiger partial charge in [0.05, 0.1) is 11.7 Å². The van der Waals surface area contributed by atoms with Gasteiger partial charge in [-0.1, -0.05) is 0 Å². The molecule has 1 N–H and O–H groups in total. The molecule has 1 amide bonds. The van der Waals surface area contributed by atoms with Crippen molar-refractivity contribution in [2.45, 2.75) is 12.5 Å². The van der Waals surface area contributed by atoms with Gasteiger partial charge in [-0.25, -0.2) is 0 Å². The summed E-state index contributed by atoms with van der Waals surface area (Å²) in [7, 11) is 2.07. The topological polar surface area (TPSA) is 45.2 Å². The molecule has 5 heteroatoms. The number of likely N-dealkylation sites (N-methyl/N-ethyl adjacent to an activating group) is 1. The van der Waals surface area contributed by atoms with Crippen molar-refractivity contribution >= 4 is 17.2 Å². The van der Waals surface area contributed by atoms with Crippen molar-refractivity contribution in [2.24, 2.45) is 0 Å². The Balaban J connectivity index is 1.89. The van der Waals surface area contributed by atoms with Gasteiger partial charge in [0, 0.05) is 12.6 Å². The molecule has 76 valence electrons. The van der Waals surface area contributed by atoms with Gasteiger partial charge in [0.25, 0.3) is 5.91 Å². The number of carbonyl (C=O) groups excluding carboxylic acids is 1. The van der Waals surface area contributed by atoms with Gasteiger partial charge in [0.2, 0.25) is 0 Å². The first-order valence-electron chi connectivity index (χ1n) is 4.63. The average Bonchev–Trinajstić information content (AvgIpc) is 2.75. The van der Waals surface area contributed by atoms with E-state index in [4.69, 9.17) is 0 Å². The molecular weight excluding hydrogens is 198 g/mol. The van der Waals surface area contributed by atoms with Crippen LogP contribution in [0.3, 0.4) is 0 Å². The highest BCUT2D eigenvalue weighted by Crippen LogP contribution is 2.09. The van der Waals surface area contributed by atoms with Gasteiger partial charge in [0.1, 0.15) is 4.88 Å². The SMILES string of the molecule is CN1CCC(NC(=O)c2cncs2)C1. The molecule has 2 rings (SSSR count). The van der Waals surface area contributed by atoms with E-state index < -0.39 is 0 Å². The van der Waals surface area contributed by atoms with Crippen molar-refractivity contribution in [3.63, 3.8) is 0 Å². The highest BCUT2D eigenvalue weighted by atomic mass is 32.1. The van der Waals surface area contributed by atoms with E-state index in [1.54, 1.807) is 11.7 Å². The van der Waals surface area contributed by atoms with Crippen molar-refractivity contribution in [1.82, 2.24) is 15.2 Å². The van der Waals surface area contributed by atoms with E-state index >= 15 is 0 Å². The zero-order chi connectivity index (χ0) is 9.97. The number of nitrogens with zero attached hydrogens (tertiary/aromatic N) is 2. The Bertz CT molecular complexity index is 312. The van der Waals surface area contributed by atoms with Gasteiger partial charge in [-0.15, -0.1) is 11.3 Å². The molecule has 1 aliphatic rings. The number of amides is 1.